The molecule has 0 fully saturated rings. The standard InChI is InChI=1S/C11H8FN2O2S/c12-9-3-5-11(6-4-9)17(15,16)14-10-2-1-7-13-8-10/h1-8H/q-1. The number of hydrogen-bond donors (Lipinski definition) is 0. The first-order valence-corrected chi connectivity index (χ1v) is 6.15. The molecule has 2 aromatic rings. The van der Waals surface area contributed by atoms with Crippen molar-refractivity contribution in [3.05, 3.63) is 59.3 Å². The number of pyridine rings is 1. The summed E-state index contributed by atoms with van der Waals surface area (Å²) in [4.78, 5) is 3.71. The number of sulfonamides is 1. The third-order valence-corrected chi connectivity index (χ3v) is 3.30. The van der Waals surface area contributed by atoms with Crippen molar-refractivity contribution in [3.8, 4) is 0 Å². The Hall–Kier alpha value is -1.95. The van der Waals surface area contributed by atoms with E-state index in [9.17, 15) is 12.8 Å². The van der Waals surface area contributed by atoms with Gasteiger partial charge in [0.15, 0.2) is 0 Å². The van der Waals surface area contributed by atoms with Gasteiger partial charge in [-0.1, -0.05) is 6.07 Å². The summed E-state index contributed by atoms with van der Waals surface area (Å²) in [7, 11) is -3.81. The lowest BCUT2D eigenvalue weighted by atomic mass is 10.4. The average Bonchev–Trinajstić information content (AvgIpc) is 2.30. The highest BCUT2D eigenvalue weighted by molar-refractivity contribution is 7.94. The number of benzene rings is 1. The van der Waals surface area contributed by atoms with Gasteiger partial charge in [0.05, 0.1) is 4.90 Å². The minimum atomic E-state index is -3.81. The first-order valence-electron chi connectivity index (χ1n) is 4.71. The summed E-state index contributed by atoms with van der Waals surface area (Å²) in [6.45, 7) is 0. The molecule has 1 aromatic carbocycles. The van der Waals surface area contributed by atoms with Crippen LogP contribution in [0.25, 0.3) is 4.72 Å². The van der Waals surface area contributed by atoms with Crippen LogP contribution in [0.3, 0.4) is 0 Å². The highest BCUT2D eigenvalue weighted by Crippen LogP contribution is 2.26. The van der Waals surface area contributed by atoms with E-state index in [0.29, 0.717) is 0 Å². The van der Waals surface area contributed by atoms with E-state index in [-0.39, 0.29) is 10.6 Å². The van der Waals surface area contributed by atoms with Crippen LogP contribution < -0.4 is 0 Å². The molecule has 0 spiro atoms. The largest absolute Gasteiger partial charge is 0.571 e. The van der Waals surface area contributed by atoms with Crippen LogP contribution >= 0.6 is 0 Å². The van der Waals surface area contributed by atoms with Crippen molar-refractivity contribution in [3.63, 3.8) is 0 Å². The van der Waals surface area contributed by atoms with Crippen molar-refractivity contribution in [1.29, 1.82) is 0 Å². The maximum absolute atomic E-state index is 12.7. The number of halogens is 1. The maximum atomic E-state index is 12.7. The predicted molar refractivity (Wildman–Crippen MR) is 60.8 cm³/mol. The zero-order chi connectivity index (χ0) is 12.3. The summed E-state index contributed by atoms with van der Waals surface area (Å²) in [6, 6.07) is 7.60. The fourth-order valence-electron chi connectivity index (χ4n) is 1.21. The van der Waals surface area contributed by atoms with Crippen molar-refractivity contribution in [2.24, 2.45) is 0 Å². The normalized spacial score (nSPS) is 11.1. The predicted octanol–water partition coefficient (Wildman–Crippen LogP) is 2.61. The van der Waals surface area contributed by atoms with Gasteiger partial charge in [-0.15, -0.1) is 5.69 Å². The smallest absolute Gasteiger partial charge is 0.123 e. The van der Waals surface area contributed by atoms with Crippen LogP contribution in [0.5, 0.6) is 0 Å². The SMILES string of the molecule is O=S(=O)([N-]c1cccnc1)c1ccc(F)cc1. The quantitative estimate of drug-likeness (QED) is 0.842. The molecule has 0 aliphatic rings. The molecule has 0 amide bonds. The topological polar surface area (TPSA) is 61.1 Å². The lowest BCUT2D eigenvalue weighted by Gasteiger charge is -2.20. The monoisotopic (exact) mass is 251 g/mol. The van der Waals surface area contributed by atoms with E-state index in [2.05, 4.69) is 9.71 Å². The van der Waals surface area contributed by atoms with Crippen LogP contribution in [0.15, 0.2) is 53.7 Å². The Balaban J connectivity index is 2.29. The second-order valence-corrected chi connectivity index (χ2v) is 4.84. The first-order chi connectivity index (χ1) is 8.08. The summed E-state index contributed by atoms with van der Waals surface area (Å²) in [5, 5.41) is 0. The molecule has 6 heteroatoms. The molecule has 0 radical (unpaired) electrons. The van der Waals surface area contributed by atoms with E-state index < -0.39 is 15.8 Å². The van der Waals surface area contributed by atoms with Gasteiger partial charge in [-0.2, -0.15) is 0 Å². The first kappa shape index (κ1) is 11.5. The van der Waals surface area contributed by atoms with E-state index in [4.69, 9.17) is 0 Å². The molecule has 0 aliphatic heterocycles. The summed E-state index contributed by atoms with van der Waals surface area (Å²) in [6.07, 6.45) is 2.85. The van der Waals surface area contributed by atoms with Gasteiger partial charge >= 0.3 is 0 Å². The Morgan fingerprint density at radius 3 is 2.41 bits per heavy atom. The molecule has 2 rings (SSSR count). The molecular weight excluding hydrogens is 243 g/mol. The van der Waals surface area contributed by atoms with Crippen LogP contribution in [0, 0.1) is 5.82 Å². The van der Waals surface area contributed by atoms with Gasteiger partial charge in [-0.3, -0.25) is 4.98 Å². The maximum Gasteiger partial charge on any atom is 0.123 e. The van der Waals surface area contributed by atoms with Gasteiger partial charge in [0.1, 0.15) is 15.8 Å². The summed E-state index contributed by atoms with van der Waals surface area (Å²) in [5.74, 6) is -0.495. The Kier molecular flexibility index (Phi) is 3.06. The van der Waals surface area contributed by atoms with Crippen LogP contribution in [0.2, 0.25) is 0 Å². The van der Waals surface area contributed by atoms with Crippen molar-refractivity contribution in [2.45, 2.75) is 4.90 Å². The number of nitrogens with zero attached hydrogens (tertiary/aromatic N) is 2. The molecule has 17 heavy (non-hydrogen) atoms. The molecule has 1 aromatic heterocycles. The molecule has 0 N–H and O–H groups in total. The molecule has 0 saturated heterocycles. The zero-order valence-electron chi connectivity index (χ0n) is 8.62. The summed E-state index contributed by atoms with van der Waals surface area (Å²) < 4.78 is 39.8. The highest BCUT2D eigenvalue weighted by Gasteiger charge is 2.04. The van der Waals surface area contributed by atoms with Gasteiger partial charge in [0.25, 0.3) is 0 Å². The fourth-order valence-corrected chi connectivity index (χ4v) is 2.18. The van der Waals surface area contributed by atoms with Crippen LogP contribution in [0.1, 0.15) is 0 Å². The third-order valence-electron chi connectivity index (χ3n) is 1.98. The molecule has 0 saturated carbocycles. The van der Waals surface area contributed by atoms with Crippen molar-refractivity contribution >= 4 is 15.7 Å². The second-order valence-electron chi connectivity index (χ2n) is 3.23. The number of aromatic nitrogens is 1. The van der Waals surface area contributed by atoms with Gasteiger partial charge in [0.2, 0.25) is 0 Å². The molecule has 1 heterocycles. The number of rotatable bonds is 3. The molecule has 0 atom stereocenters. The van der Waals surface area contributed by atoms with Crippen molar-refractivity contribution in [1.82, 2.24) is 4.98 Å². The van der Waals surface area contributed by atoms with E-state index in [1.54, 1.807) is 6.07 Å². The van der Waals surface area contributed by atoms with Gasteiger partial charge in [-0.05, 0) is 30.3 Å². The Morgan fingerprint density at radius 2 is 1.82 bits per heavy atom. The Labute approximate surface area is 98.2 Å². The van der Waals surface area contributed by atoms with E-state index >= 15 is 0 Å². The lowest BCUT2D eigenvalue weighted by molar-refractivity contribution is 0.601. The fraction of sp³-hybridized carbons (Fsp3) is 0. The van der Waals surface area contributed by atoms with Crippen LogP contribution in [-0.4, -0.2) is 13.4 Å². The molecule has 88 valence electrons. The molecule has 0 bridgehead atoms. The van der Waals surface area contributed by atoms with Gasteiger partial charge in [0, 0.05) is 12.4 Å². The van der Waals surface area contributed by atoms with Crippen molar-refractivity contribution in [2.75, 3.05) is 0 Å². The molecule has 0 unspecified atom stereocenters. The zero-order valence-corrected chi connectivity index (χ0v) is 9.43. The Bertz CT molecular complexity index is 597. The summed E-state index contributed by atoms with van der Waals surface area (Å²) >= 11 is 0. The van der Waals surface area contributed by atoms with Crippen molar-refractivity contribution < 1.29 is 12.8 Å². The second kappa shape index (κ2) is 4.50. The highest BCUT2D eigenvalue weighted by atomic mass is 32.2. The number of hydrogen-bond acceptors (Lipinski definition) is 3. The van der Waals surface area contributed by atoms with Gasteiger partial charge in [-0.25, -0.2) is 12.8 Å². The third kappa shape index (κ3) is 2.79. The van der Waals surface area contributed by atoms with Crippen LogP contribution in [0.4, 0.5) is 10.1 Å². The molecule has 4 nitrogen and oxygen atoms in total. The average molecular weight is 251 g/mol. The minimum Gasteiger partial charge on any atom is -0.571 e. The van der Waals surface area contributed by atoms with Gasteiger partial charge < -0.3 is 4.72 Å². The minimum absolute atomic E-state index is 0.0530. The molecule has 0 aliphatic carbocycles. The van der Waals surface area contributed by atoms with E-state index in [0.717, 1.165) is 12.1 Å². The molecular formula is C11H8FN2O2S-. The van der Waals surface area contributed by atoms with Crippen LogP contribution in [-0.2, 0) is 10.0 Å². The summed E-state index contributed by atoms with van der Waals surface area (Å²) in [5.41, 5.74) is 0.233. The van der Waals surface area contributed by atoms with E-state index in [1.807, 2.05) is 0 Å². The van der Waals surface area contributed by atoms with E-state index in [1.165, 1.54) is 30.6 Å². The lowest BCUT2D eigenvalue weighted by Crippen LogP contribution is -1.97. The Morgan fingerprint density at radius 1 is 1.12 bits per heavy atom.